The highest BCUT2D eigenvalue weighted by molar-refractivity contribution is 7.11. The number of hydrogen-bond donors (Lipinski definition) is 1. The van der Waals surface area contributed by atoms with Gasteiger partial charge in [-0.1, -0.05) is 6.92 Å². The summed E-state index contributed by atoms with van der Waals surface area (Å²) in [7, 11) is 3.48. The molecule has 3 amide bonds. The van der Waals surface area contributed by atoms with Crippen LogP contribution in [0.25, 0.3) is 0 Å². The van der Waals surface area contributed by atoms with Crippen LogP contribution in [0.15, 0.2) is 0 Å². The summed E-state index contributed by atoms with van der Waals surface area (Å²) in [5.74, 6) is -0.0846. The molecule has 1 unspecified atom stereocenters. The van der Waals surface area contributed by atoms with Crippen LogP contribution in [0.5, 0.6) is 0 Å². The van der Waals surface area contributed by atoms with Crippen molar-refractivity contribution in [3.63, 3.8) is 0 Å². The van der Waals surface area contributed by atoms with Crippen molar-refractivity contribution < 1.29 is 9.59 Å². The number of aromatic nitrogens is 1. The zero-order valence-electron chi connectivity index (χ0n) is 14.4. The lowest BCUT2D eigenvalue weighted by Gasteiger charge is -2.33. The van der Waals surface area contributed by atoms with E-state index in [1.165, 1.54) is 0 Å². The topological polar surface area (TPSA) is 65.5 Å². The van der Waals surface area contributed by atoms with Crippen molar-refractivity contribution in [2.75, 3.05) is 27.2 Å². The van der Waals surface area contributed by atoms with Crippen molar-refractivity contribution in [1.82, 2.24) is 20.1 Å². The van der Waals surface area contributed by atoms with Crippen LogP contribution in [0.2, 0.25) is 0 Å². The van der Waals surface area contributed by atoms with Crippen LogP contribution >= 0.6 is 11.3 Å². The van der Waals surface area contributed by atoms with Crippen LogP contribution in [0, 0.1) is 12.8 Å². The van der Waals surface area contributed by atoms with Gasteiger partial charge in [-0.25, -0.2) is 9.78 Å². The van der Waals surface area contributed by atoms with E-state index in [2.05, 4.69) is 17.2 Å². The van der Waals surface area contributed by atoms with E-state index in [9.17, 15) is 9.59 Å². The second-order valence-corrected chi connectivity index (χ2v) is 7.32. The number of nitrogens with zero attached hydrogens (tertiary/aromatic N) is 3. The minimum Gasteiger partial charge on any atom is -0.351 e. The first kappa shape index (κ1) is 17.7. The molecule has 0 bridgehead atoms. The van der Waals surface area contributed by atoms with Crippen LogP contribution in [0.1, 0.15) is 35.3 Å². The lowest BCUT2D eigenvalue weighted by Crippen LogP contribution is -2.48. The van der Waals surface area contributed by atoms with Gasteiger partial charge in [0.2, 0.25) is 5.91 Å². The molecule has 0 aliphatic carbocycles. The predicted molar refractivity (Wildman–Crippen MR) is 91.5 cm³/mol. The third-order valence-electron chi connectivity index (χ3n) is 4.11. The number of piperidine rings is 1. The molecule has 1 saturated heterocycles. The Morgan fingerprint density at radius 3 is 2.78 bits per heavy atom. The van der Waals surface area contributed by atoms with Crippen LogP contribution in [-0.4, -0.2) is 53.9 Å². The molecule has 1 aromatic heterocycles. The van der Waals surface area contributed by atoms with Gasteiger partial charge in [0.05, 0.1) is 23.2 Å². The molecular weight excluding hydrogens is 312 g/mol. The molecule has 0 spiro atoms. The van der Waals surface area contributed by atoms with Crippen molar-refractivity contribution in [3.05, 3.63) is 15.6 Å². The highest BCUT2D eigenvalue weighted by Crippen LogP contribution is 2.20. The monoisotopic (exact) mass is 338 g/mol. The lowest BCUT2D eigenvalue weighted by molar-refractivity contribution is -0.126. The Morgan fingerprint density at radius 2 is 2.17 bits per heavy atom. The van der Waals surface area contributed by atoms with E-state index in [0.29, 0.717) is 13.1 Å². The number of nitrogens with one attached hydrogen (secondary N) is 1. The second kappa shape index (κ2) is 7.77. The molecule has 1 aromatic rings. The van der Waals surface area contributed by atoms with Gasteiger partial charge >= 0.3 is 6.03 Å². The average Bonchev–Trinajstić information content (AvgIpc) is 2.92. The third-order valence-corrected chi connectivity index (χ3v) is 5.41. The lowest BCUT2D eigenvalue weighted by atomic mass is 9.97. The average molecular weight is 338 g/mol. The Balaban J connectivity index is 1.89. The number of carbonyl (C=O) groups is 2. The van der Waals surface area contributed by atoms with E-state index in [0.717, 1.165) is 41.4 Å². The number of rotatable bonds is 4. The van der Waals surface area contributed by atoms with E-state index in [1.54, 1.807) is 35.2 Å². The fraction of sp³-hybridized carbons (Fsp3) is 0.688. The molecule has 6 nitrogen and oxygen atoms in total. The van der Waals surface area contributed by atoms with E-state index < -0.39 is 0 Å². The van der Waals surface area contributed by atoms with Gasteiger partial charge in [-0.2, -0.15) is 0 Å². The number of aryl methyl sites for hydroxylation is 2. The molecule has 1 N–H and O–H groups in total. The fourth-order valence-electron chi connectivity index (χ4n) is 2.76. The zero-order chi connectivity index (χ0) is 17.0. The summed E-state index contributed by atoms with van der Waals surface area (Å²) < 4.78 is 0. The molecule has 1 fully saturated rings. The predicted octanol–water partition coefficient (Wildman–Crippen LogP) is 2.02. The molecule has 0 saturated carbocycles. The van der Waals surface area contributed by atoms with Crippen molar-refractivity contribution >= 4 is 23.3 Å². The van der Waals surface area contributed by atoms with Gasteiger partial charge in [-0.05, 0) is 26.2 Å². The first-order valence-electron chi connectivity index (χ1n) is 8.11. The molecule has 0 radical (unpaired) electrons. The Morgan fingerprint density at radius 1 is 1.43 bits per heavy atom. The van der Waals surface area contributed by atoms with Crippen molar-refractivity contribution in [2.45, 2.75) is 39.7 Å². The minimum absolute atomic E-state index is 0.0200. The standard InChI is InChI=1S/C16H26N4O2S/c1-5-14-18-11(2)13(23-14)9-17-15(21)12-7-6-8-20(10-12)16(22)19(3)4/h12H,5-10H2,1-4H3,(H,17,21). The smallest absolute Gasteiger partial charge is 0.319 e. The highest BCUT2D eigenvalue weighted by atomic mass is 32.1. The third kappa shape index (κ3) is 4.43. The number of amides is 3. The summed E-state index contributed by atoms with van der Waals surface area (Å²) >= 11 is 1.66. The summed E-state index contributed by atoms with van der Waals surface area (Å²) in [6.07, 6.45) is 2.63. The Labute approximate surface area is 141 Å². The van der Waals surface area contributed by atoms with Crippen LogP contribution in [0.4, 0.5) is 4.79 Å². The molecule has 1 aliphatic heterocycles. The van der Waals surface area contributed by atoms with Crippen molar-refractivity contribution in [2.24, 2.45) is 5.92 Å². The van der Waals surface area contributed by atoms with Crippen LogP contribution < -0.4 is 5.32 Å². The van der Waals surface area contributed by atoms with Gasteiger partial charge in [0.25, 0.3) is 0 Å². The van der Waals surface area contributed by atoms with Gasteiger partial charge in [0.15, 0.2) is 0 Å². The largest absolute Gasteiger partial charge is 0.351 e. The molecule has 1 aliphatic rings. The maximum Gasteiger partial charge on any atom is 0.319 e. The van der Waals surface area contributed by atoms with E-state index >= 15 is 0 Å². The van der Waals surface area contributed by atoms with Gasteiger partial charge in [-0.15, -0.1) is 11.3 Å². The zero-order valence-corrected chi connectivity index (χ0v) is 15.2. The molecule has 2 heterocycles. The summed E-state index contributed by atoms with van der Waals surface area (Å²) in [6.45, 7) is 5.83. The molecule has 128 valence electrons. The second-order valence-electron chi connectivity index (χ2n) is 6.15. The maximum atomic E-state index is 12.4. The van der Waals surface area contributed by atoms with Gasteiger partial charge in [0, 0.05) is 32.1 Å². The molecule has 23 heavy (non-hydrogen) atoms. The Hall–Kier alpha value is -1.63. The number of urea groups is 1. The van der Waals surface area contributed by atoms with E-state index in [4.69, 9.17) is 0 Å². The molecule has 2 rings (SSSR count). The summed E-state index contributed by atoms with van der Waals surface area (Å²) in [4.78, 5) is 33.4. The fourth-order valence-corrected chi connectivity index (χ4v) is 3.71. The maximum absolute atomic E-state index is 12.4. The normalized spacial score (nSPS) is 17.9. The Kier molecular flexibility index (Phi) is 5.98. The molecular formula is C16H26N4O2S. The molecule has 7 heteroatoms. The SMILES string of the molecule is CCc1nc(C)c(CNC(=O)C2CCCN(C(=O)N(C)C)C2)s1. The van der Waals surface area contributed by atoms with Crippen molar-refractivity contribution in [3.8, 4) is 0 Å². The highest BCUT2D eigenvalue weighted by Gasteiger charge is 2.29. The first-order valence-corrected chi connectivity index (χ1v) is 8.93. The quantitative estimate of drug-likeness (QED) is 0.913. The molecule has 0 aromatic carbocycles. The van der Waals surface area contributed by atoms with Crippen LogP contribution in [-0.2, 0) is 17.8 Å². The summed E-state index contributed by atoms with van der Waals surface area (Å²) in [5.41, 5.74) is 1.00. The van der Waals surface area contributed by atoms with Gasteiger partial charge < -0.3 is 15.1 Å². The number of thiazole rings is 1. The Bertz CT molecular complexity index is 570. The molecule has 1 atom stereocenters. The minimum atomic E-state index is -0.119. The summed E-state index contributed by atoms with van der Waals surface area (Å²) in [5, 5.41) is 4.12. The number of hydrogen-bond acceptors (Lipinski definition) is 4. The van der Waals surface area contributed by atoms with E-state index in [-0.39, 0.29) is 17.9 Å². The van der Waals surface area contributed by atoms with Crippen LogP contribution in [0.3, 0.4) is 0 Å². The number of likely N-dealkylation sites (tertiary alicyclic amines) is 1. The van der Waals surface area contributed by atoms with Gasteiger partial charge in [-0.3, -0.25) is 4.79 Å². The van der Waals surface area contributed by atoms with Crippen molar-refractivity contribution in [1.29, 1.82) is 0 Å². The number of carbonyl (C=O) groups excluding carboxylic acids is 2. The summed E-state index contributed by atoms with van der Waals surface area (Å²) in [6, 6.07) is -0.0200. The van der Waals surface area contributed by atoms with Gasteiger partial charge in [0.1, 0.15) is 0 Å². The van der Waals surface area contributed by atoms with E-state index in [1.807, 2.05) is 6.92 Å². The first-order chi connectivity index (χ1) is 10.9.